The van der Waals surface area contributed by atoms with Crippen LogP contribution in [0, 0.1) is 27.6 Å². The normalized spacial score (nSPS) is 26.3. The molecule has 2 N–H and O–H groups in total. The van der Waals surface area contributed by atoms with E-state index in [0.717, 1.165) is 32.1 Å². The van der Waals surface area contributed by atoms with Crippen molar-refractivity contribution in [3.63, 3.8) is 0 Å². The molecule has 2 rings (SSSR count). The highest BCUT2D eigenvalue weighted by Gasteiger charge is 2.41. The van der Waals surface area contributed by atoms with E-state index in [-0.39, 0.29) is 54.0 Å². The maximum atomic E-state index is 12.0. The molecule has 2 amide bonds. The van der Waals surface area contributed by atoms with E-state index in [1.165, 1.54) is 12.8 Å². The zero-order valence-corrected chi connectivity index (χ0v) is 30.6. The fourth-order valence-corrected chi connectivity index (χ4v) is 7.84. The Bertz CT molecular complexity index is 1080. The molecule has 0 aromatic heterocycles. The summed E-state index contributed by atoms with van der Waals surface area (Å²) in [7, 11) is 0. The van der Waals surface area contributed by atoms with Crippen LogP contribution < -0.4 is 10.6 Å². The van der Waals surface area contributed by atoms with Crippen molar-refractivity contribution in [3.05, 3.63) is 24.3 Å². The van der Waals surface area contributed by atoms with E-state index < -0.39 is 12.1 Å². The standard InChI is InChI=1S/C19H33NO3.C18H31NO4/c1-7-19(6)12-15(11-18(4,5)13-19)20-17(22)23-10-8-9-16(21)14(2)3;1-13(2)15(20)22-7-8-23-16(21)19-12-18(6)10-14(3)9-17(4,5)11-18/h15H,2,7-13H2,1,3-6H3,(H,20,22);14H,1,7-12H2,2-6H3,(H,19,21). The van der Waals surface area contributed by atoms with Crippen molar-refractivity contribution in [1.29, 1.82) is 0 Å². The van der Waals surface area contributed by atoms with Gasteiger partial charge < -0.3 is 24.8 Å². The molecule has 0 radical (unpaired) electrons. The van der Waals surface area contributed by atoms with Gasteiger partial charge in [-0.25, -0.2) is 14.4 Å². The summed E-state index contributed by atoms with van der Waals surface area (Å²) in [4.78, 5) is 46.3. The van der Waals surface area contributed by atoms with Gasteiger partial charge in [0, 0.05) is 24.6 Å². The van der Waals surface area contributed by atoms with Crippen molar-refractivity contribution in [2.75, 3.05) is 26.4 Å². The average Bonchev–Trinajstić information content (AvgIpc) is 2.89. The van der Waals surface area contributed by atoms with Crippen LogP contribution in [-0.4, -0.2) is 56.3 Å². The number of carbonyl (C=O) groups excluding carboxylic acids is 4. The second kappa shape index (κ2) is 17.9. The number of ketones is 1. The summed E-state index contributed by atoms with van der Waals surface area (Å²) >= 11 is 0. The van der Waals surface area contributed by atoms with Gasteiger partial charge in [-0.2, -0.15) is 0 Å². The highest BCUT2D eigenvalue weighted by molar-refractivity contribution is 5.94. The van der Waals surface area contributed by atoms with E-state index in [0.29, 0.717) is 41.9 Å². The number of alkyl carbamates (subject to hydrolysis) is 2. The number of esters is 1. The van der Waals surface area contributed by atoms with E-state index in [1.54, 1.807) is 13.8 Å². The third-order valence-corrected chi connectivity index (χ3v) is 9.08. The molecule has 264 valence electrons. The lowest BCUT2D eigenvalue weighted by Crippen LogP contribution is -2.46. The van der Waals surface area contributed by atoms with Gasteiger partial charge in [0.2, 0.25) is 0 Å². The molecule has 2 saturated carbocycles. The second-order valence-corrected chi connectivity index (χ2v) is 16.3. The highest BCUT2D eigenvalue weighted by Crippen LogP contribution is 2.49. The van der Waals surface area contributed by atoms with E-state index in [2.05, 4.69) is 79.2 Å². The summed E-state index contributed by atoms with van der Waals surface area (Å²) in [6.45, 7) is 29.4. The van der Waals surface area contributed by atoms with E-state index in [9.17, 15) is 19.2 Å². The SMILES string of the molecule is C=C(C)C(=O)CCCOC(=O)NC1CC(C)(C)CC(C)(CC)C1.C=C(C)C(=O)OCCOC(=O)NCC1(C)CC(C)CC(C)(C)C1. The van der Waals surface area contributed by atoms with Gasteiger partial charge in [0.1, 0.15) is 13.2 Å². The predicted molar refractivity (Wildman–Crippen MR) is 183 cm³/mol. The number of hydrogen-bond acceptors (Lipinski definition) is 7. The van der Waals surface area contributed by atoms with Crippen molar-refractivity contribution >= 4 is 23.9 Å². The van der Waals surface area contributed by atoms with Gasteiger partial charge >= 0.3 is 18.2 Å². The van der Waals surface area contributed by atoms with Gasteiger partial charge in [-0.15, -0.1) is 0 Å². The van der Waals surface area contributed by atoms with Crippen molar-refractivity contribution in [1.82, 2.24) is 10.6 Å². The maximum Gasteiger partial charge on any atom is 0.407 e. The molecule has 0 saturated heterocycles. The summed E-state index contributed by atoms with van der Waals surface area (Å²) < 4.78 is 15.1. The number of nitrogens with one attached hydrogen (secondary N) is 2. The monoisotopic (exact) mass is 648 g/mol. The molecule has 0 spiro atoms. The zero-order chi connectivity index (χ0) is 35.3. The molecule has 4 unspecified atom stereocenters. The van der Waals surface area contributed by atoms with Crippen LogP contribution in [0.3, 0.4) is 0 Å². The van der Waals surface area contributed by atoms with Gasteiger partial charge in [0.15, 0.2) is 5.78 Å². The summed E-state index contributed by atoms with van der Waals surface area (Å²) in [6.07, 6.45) is 7.79. The first kappa shape index (κ1) is 41.2. The number of ether oxygens (including phenoxy) is 3. The quantitative estimate of drug-likeness (QED) is 0.0892. The van der Waals surface area contributed by atoms with Crippen LogP contribution in [0.25, 0.3) is 0 Å². The Morgan fingerprint density at radius 2 is 1.30 bits per heavy atom. The van der Waals surface area contributed by atoms with Crippen LogP contribution in [0.1, 0.15) is 127 Å². The van der Waals surface area contributed by atoms with Crippen LogP contribution in [0.15, 0.2) is 24.3 Å². The lowest BCUT2D eigenvalue weighted by molar-refractivity contribution is -0.139. The maximum absolute atomic E-state index is 12.0. The molecule has 2 aliphatic carbocycles. The lowest BCUT2D eigenvalue weighted by atomic mass is 9.61. The number of rotatable bonds is 13. The Morgan fingerprint density at radius 3 is 1.87 bits per heavy atom. The van der Waals surface area contributed by atoms with E-state index >= 15 is 0 Å². The number of amides is 2. The molecule has 2 fully saturated rings. The molecule has 0 heterocycles. The Morgan fingerprint density at radius 1 is 0.739 bits per heavy atom. The van der Waals surface area contributed by atoms with Crippen LogP contribution in [-0.2, 0) is 23.8 Å². The molecule has 0 aromatic rings. The van der Waals surface area contributed by atoms with Gasteiger partial charge in [-0.3, -0.25) is 4.79 Å². The van der Waals surface area contributed by atoms with Gasteiger partial charge in [-0.05, 0) is 91.9 Å². The smallest absolute Gasteiger partial charge is 0.407 e. The van der Waals surface area contributed by atoms with Crippen molar-refractivity contribution in [2.45, 2.75) is 133 Å². The molecular formula is C37H64N2O7. The van der Waals surface area contributed by atoms with Gasteiger partial charge in [0.05, 0.1) is 6.61 Å². The lowest BCUT2D eigenvalue weighted by Gasteiger charge is -2.46. The zero-order valence-electron chi connectivity index (χ0n) is 30.6. The minimum Gasteiger partial charge on any atom is -0.459 e. The Hall–Kier alpha value is -2.84. The number of hydrogen-bond donors (Lipinski definition) is 2. The van der Waals surface area contributed by atoms with Crippen molar-refractivity contribution in [2.24, 2.45) is 27.6 Å². The summed E-state index contributed by atoms with van der Waals surface area (Å²) in [5, 5.41) is 5.85. The fourth-order valence-electron chi connectivity index (χ4n) is 7.84. The van der Waals surface area contributed by atoms with Crippen molar-refractivity contribution < 1.29 is 33.4 Å². The van der Waals surface area contributed by atoms with Crippen LogP contribution >= 0.6 is 0 Å². The number of allylic oxidation sites excluding steroid dienone is 1. The molecule has 9 heteroatoms. The molecule has 0 bridgehead atoms. The average molecular weight is 649 g/mol. The fraction of sp³-hybridized carbons (Fsp3) is 0.784. The van der Waals surface area contributed by atoms with Crippen LogP contribution in [0.5, 0.6) is 0 Å². The second-order valence-electron chi connectivity index (χ2n) is 16.3. The molecular weight excluding hydrogens is 584 g/mol. The Balaban J connectivity index is 0.000000460. The van der Waals surface area contributed by atoms with E-state index in [4.69, 9.17) is 14.2 Å². The molecule has 46 heavy (non-hydrogen) atoms. The summed E-state index contributed by atoms with van der Waals surface area (Å²) in [6, 6.07) is 0.160. The molecule has 0 aliphatic heterocycles. The summed E-state index contributed by atoms with van der Waals surface area (Å²) in [5.74, 6) is 0.213. The molecule has 0 aromatic carbocycles. The Labute approximate surface area is 279 Å². The third kappa shape index (κ3) is 16.1. The first-order valence-electron chi connectivity index (χ1n) is 17.0. The number of carbonyl (C=O) groups is 4. The van der Waals surface area contributed by atoms with Crippen LogP contribution in [0.4, 0.5) is 9.59 Å². The molecule has 2 aliphatic rings. The van der Waals surface area contributed by atoms with Gasteiger partial charge in [-0.1, -0.05) is 75.0 Å². The van der Waals surface area contributed by atoms with Crippen molar-refractivity contribution in [3.8, 4) is 0 Å². The number of Topliss-reactive ketones (excluding diaryl/α,β-unsaturated/α-hetero) is 1. The largest absolute Gasteiger partial charge is 0.459 e. The molecule has 4 atom stereocenters. The summed E-state index contributed by atoms with van der Waals surface area (Å²) in [5.41, 5.74) is 1.78. The third-order valence-electron chi connectivity index (χ3n) is 9.08. The minimum absolute atomic E-state index is 0.0294. The van der Waals surface area contributed by atoms with Gasteiger partial charge in [0.25, 0.3) is 0 Å². The van der Waals surface area contributed by atoms with Crippen LogP contribution in [0.2, 0.25) is 0 Å². The van der Waals surface area contributed by atoms with E-state index in [1.807, 2.05) is 0 Å². The highest BCUT2D eigenvalue weighted by atomic mass is 16.6. The minimum atomic E-state index is -0.472. The topological polar surface area (TPSA) is 120 Å². The first-order chi connectivity index (χ1) is 21.1. The Kier molecular flexibility index (Phi) is 16.0. The molecule has 9 nitrogen and oxygen atoms in total. The first-order valence-corrected chi connectivity index (χ1v) is 17.0. The predicted octanol–water partition coefficient (Wildman–Crippen LogP) is 8.32.